The third kappa shape index (κ3) is 2.65. The fourth-order valence-electron chi connectivity index (χ4n) is 5.16. The molecule has 1 amide bonds. The number of carbonyl (C=O) groups excluding carboxylic acids is 2. The van der Waals surface area contributed by atoms with Crippen LogP contribution in [0.4, 0.5) is 0 Å². The number of nitrogens with zero attached hydrogens (tertiary/aromatic N) is 2. The minimum absolute atomic E-state index is 0.0238. The predicted octanol–water partition coefficient (Wildman–Crippen LogP) is 3.04. The molecule has 3 aromatic rings. The SMILES string of the molecule is O=C1NOC(=O)C12C(c1ccccc1)CC1=C(c3nn[se]c3CS1)C2c1ccccc1. The van der Waals surface area contributed by atoms with Crippen molar-refractivity contribution in [1.29, 1.82) is 0 Å². The van der Waals surface area contributed by atoms with E-state index in [0.717, 1.165) is 28.1 Å². The average Bonchev–Trinajstić information content (AvgIpc) is 3.41. The number of hydrogen-bond donors (Lipinski definition) is 1. The number of benzene rings is 2. The molecule has 8 heteroatoms. The Balaban J connectivity index is 1.69. The molecule has 1 aliphatic carbocycles. The van der Waals surface area contributed by atoms with E-state index in [2.05, 4.69) is 14.7 Å². The third-order valence-electron chi connectivity index (χ3n) is 6.46. The number of aromatic nitrogens is 2. The van der Waals surface area contributed by atoms with Gasteiger partial charge in [-0.25, -0.2) is 0 Å². The first-order valence-corrected chi connectivity index (χ1v) is 12.6. The van der Waals surface area contributed by atoms with E-state index in [1.54, 1.807) is 11.8 Å². The first kappa shape index (κ1) is 19.0. The van der Waals surface area contributed by atoms with E-state index in [1.165, 1.54) is 9.34 Å². The zero-order valence-electron chi connectivity index (χ0n) is 16.3. The normalized spacial score (nSPS) is 27.0. The number of hydroxylamine groups is 1. The number of thioether (sulfide) groups is 1. The van der Waals surface area contributed by atoms with E-state index in [0.29, 0.717) is 6.42 Å². The van der Waals surface area contributed by atoms with Crippen LogP contribution in [0.25, 0.3) is 5.57 Å². The fourth-order valence-corrected chi connectivity index (χ4v) is 7.97. The summed E-state index contributed by atoms with van der Waals surface area (Å²) in [5.74, 6) is -0.877. The first-order chi connectivity index (χ1) is 15.2. The zero-order valence-corrected chi connectivity index (χ0v) is 18.8. The standard InChI is InChI=1S/C23H17N3O3SSe/c27-21-23(22(28)29-25-21)15(13-7-3-1-4-8-13)11-16-18(19(23)14-9-5-2-6-10-14)20-17(12-30-16)31-26-24-20/h1-10,15,19H,11-12H2,(H,25,27). The molecule has 3 atom stereocenters. The third-order valence-corrected chi connectivity index (χ3v) is 9.55. The summed E-state index contributed by atoms with van der Waals surface area (Å²) in [6, 6.07) is 19.6. The number of hydrogen-bond acceptors (Lipinski definition) is 6. The molecule has 6 rings (SSSR count). The molecule has 3 aliphatic rings. The number of rotatable bonds is 2. The van der Waals surface area contributed by atoms with Crippen LogP contribution in [0.15, 0.2) is 65.6 Å². The molecule has 3 heterocycles. The van der Waals surface area contributed by atoms with Gasteiger partial charge in [0.25, 0.3) is 0 Å². The molecule has 1 spiro atoms. The summed E-state index contributed by atoms with van der Waals surface area (Å²) in [4.78, 5) is 33.4. The second-order valence-corrected chi connectivity index (χ2v) is 10.7. The molecule has 2 aromatic carbocycles. The molecule has 1 N–H and O–H groups in total. The summed E-state index contributed by atoms with van der Waals surface area (Å²) < 4.78 is 5.55. The maximum absolute atomic E-state index is 13.5. The van der Waals surface area contributed by atoms with Crippen molar-refractivity contribution in [2.45, 2.75) is 24.0 Å². The van der Waals surface area contributed by atoms with Crippen LogP contribution in [-0.4, -0.2) is 35.8 Å². The topological polar surface area (TPSA) is 81.2 Å². The van der Waals surface area contributed by atoms with Gasteiger partial charge in [-0.05, 0) is 0 Å². The first-order valence-electron chi connectivity index (χ1n) is 10.00. The second-order valence-electron chi connectivity index (χ2n) is 7.87. The van der Waals surface area contributed by atoms with Crippen LogP contribution < -0.4 is 5.48 Å². The van der Waals surface area contributed by atoms with Crippen LogP contribution in [-0.2, 0) is 20.2 Å². The Morgan fingerprint density at radius 1 is 1.03 bits per heavy atom. The number of amides is 1. The molecular formula is C23H17N3O3SSe. The predicted molar refractivity (Wildman–Crippen MR) is 117 cm³/mol. The van der Waals surface area contributed by atoms with Gasteiger partial charge in [-0.1, -0.05) is 0 Å². The van der Waals surface area contributed by atoms with Crippen molar-refractivity contribution in [3.8, 4) is 0 Å². The van der Waals surface area contributed by atoms with Gasteiger partial charge in [-0.15, -0.1) is 0 Å². The molecule has 31 heavy (non-hydrogen) atoms. The van der Waals surface area contributed by atoms with Gasteiger partial charge in [0.2, 0.25) is 0 Å². The summed E-state index contributed by atoms with van der Waals surface area (Å²) in [6.45, 7) is 0. The Kier molecular flexibility index (Phi) is 4.42. The summed E-state index contributed by atoms with van der Waals surface area (Å²) in [5.41, 5.74) is 4.72. The van der Waals surface area contributed by atoms with Crippen LogP contribution in [0.2, 0.25) is 0 Å². The van der Waals surface area contributed by atoms with E-state index in [4.69, 9.17) is 4.84 Å². The Labute approximate surface area is 189 Å². The molecule has 154 valence electrons. The minimum atomic E-state index is -1.40. The molecular weight excluding hydrogens is 477 g/mol. The van der Waals surface area contributed by atoms with Crippen molar-refractivity contribution in [3.63, 3.8) is 0 Å². The Morgan fingerprint density at radius 2 is 1.74 bits per heavy atom. The number of carbonyl (C=O) groups is 2. The molecule has 2 aliphatic heterocycles. The Morgan fingerprint density at radius 3 is 2.42 bits per heavy atom. The summed E-state index contributed by atoms with van der Waals surface area (Å²) in [5, 5.41) is 4.50. The van der Waals surface area contributed by atoms with Crippen LogP contribution in [0.1, 0.15) is 39.5 Å². The van der Waals surface area contributed by atoms with Crippen LogP contribution in [0.5, 0.6) is 0 Å². The Hall–Kier alpha value is -2.67. The van der Waals surface area contributed by atoms with Gasteiger partial charge in [0.05, 0.1) is 0 Å². The average molecular weight is 494 g/mol. The van der Waals surface area contributed by atoms with Gasteiger partial charge in [-0.2, -0.15) is 0 Å². The van der Waals surface area contributed by atoms with Crippen LogP contribution >= 0.6 is 11.8 Å². The fraction of sp³-hybridized carbons (Fsp3) is 0.217. The Bertz CT molecular complexity index is 1210. The van der Waals surface area contributed by atoms with Gasteiger partial charge < -0.3 is 0 Å². The summed E-state index contributed by atoms with van der Waals surface area (Å²) in [6.07, 6.45) is 0.592. The monoisotopic (exact) mass is 495 g/mol. The van der Waals surface area contributed by atoms with Crippen molar-refractivity contribution in [2.75, 3.05) is 0 Å². The van der Waals surface area contributed by atoms with Gasteiger partial charge >= 0.3 is 189 Å². The summed E-state index contributed by atoms with van der Waals surface area (Å²) >= 11 is 1.77. The number of nitrogens with one attached hydrogen (secondary N) is 1. The molecule has 1 aromatic heterocycles. The molecule has 0 radical (unpaired) electrons. The molecule has 0 bridgehead atoms. The number of allylic oxidation sites excluding steroid dienone is 2. The molecule has 3 unspecified atom stereocenters. The zero-order chi connectivity index (χ0) is 21.0. The van der Waals surface area contributed by atoms with Crippen LogP contribution in [0, 0.1) is 5.41 Å². The molecule has 1 saturated heterocycles. The van der Waals surface area contributed by atoms with Crippen molar-refractivity contribution in [2.24, 2.45) is 5.41 Å². The maximum atomic E-state index is 13.5. The van der Waals surface area contributed by atoms with Crippen molar-refractivity contribution >= 4 is 43.9 Å². The van der Waals surface area contributed by atoms with Gasteiger partial charge in [0.15, 0.2) is 0 Å². The van der Waals surface area contributed by atoms with Gasteiger partial charge in [-0.3, -0.25) is 0 Å². The van der Waals surface area contributed by atoms with Gasteiger partial charge in [0, 0.05) is 0 Å². The van der Waals surface area contributed by atoms with Gasteiger partial charge in [0.1, 0.15) is 0 Å². The van der Waals surface area contributed by atoms with E-state index >= 15 is 0 Å². The quantitative estimate of drug-likeness (QED) is 0.436. The van der Waals surface area contributed by atoms with Crippen molar-refractivity contribution in [1.82, 2.24) is 14.7 Å². The van der Waals surface area contributed by atoms with Crippen molar-refractivity contribution < 1.29 is 14.4 Å². The van der Waals surface area contributed by atoms with Crippen LogP contribution in [0.3, 0.4) is 0 Å². The van der Waals surface area contributed by atoms with E-state index < -0.39 is 17.3 Å². The molecule has 1 fully saturated rings. The summed E-state index contributed by atoms with van der Waals surface area (Å²) in [7, 11) is 0. The van der Waals surface area contributed by atoms with E-state index in [1.807, 2.05) is 60.7 Å². The van der Waals surface area contributed by atoms with E-state index in [-0.39, 0.29) is 26.6 Å². The second kappa shape index (κ2) is 7.19. The molecule has 6 nitrogen and oxygen atoms in total. The number of fused-ring (bicyclic) bond motifs is 2. The van der Waals surface area contributed by atoms with E-state index in [9.17, 15) is 9.59 Å². The van der Waals surface area contributed by atoms with Crippen molar-refractivity contribution in [3.05, 3.63) is 86.8 Å². The molecule has 0 saturated carbocycles.